The van der Waals surface area contributed by atoms with Crippen LogP contribution >= 0.6 is 11.3 Å². The zero-order valence-corrected chi connectivity index (χ0v) is 16.6. The van der Waals surface area contributed by atoms with E-state index in [9.17, 15) is 14.0 Å². The van der Waals surface area contributed by atoms with Gasteiger partial charge in [0.15, 0.2) is 0 Å². The summed E-state index contributed by atoms with van der Waals surface area (Å²) in [4.78, 5) is 25.2. The number of hydrogen-bond donors (Lipinski definition) is 0. The molecule has 5 nitrogen and oxygen atoms in total. The second-order valence-corrected chi connectivity index (χ2v) is 7.42. The Morgan fingerprint density at radius 1 is 1.07 bits per heavy atom. The molecule has 0 saturated heterocycles. The number of fused-ring (bicyclic) bond motifs is 2. The normalized spacial score (nSPS) is 11.1. The van der Waals surface area contributed by atoms with Gasteiger partial charge in [-0.15, -0.1) is 11.3 Å². The van der Waals surface area contributed by atoms with E-state index >= 15 is 0 Å². The fourth-order valence-corrected chi connectivity index (χ4v) is 4.35. The summed E-state index contributed by atoms with van der Waals surface area (Å²) in [6, 6.07) is 11.9. The molecule has 0 N–H and O–H groups in total. The molecule has 2 aromatic carbocycles. The van der Waals surface area contributed by atoms with E-state index in [2.05, 4.69) is 0 Å². The maximum atomic E-state index is 14.5. The van der Waals surface area contributed by atoms with Crippen molar-refractivity contribution in [1.82, 2.24) is 0 Å². The first-order valence-electron chi connectivity index (χ1n) is 9.03. The highest BCUT2D eigenvalue weighted by molar-refractivity contribution is 7.21. The molecular formula is C22H17FO5S. The van der Waals surface area contributed by atoms with Gasteiger partial charge < -0.3 is 13.9 Å². The summed E-state index contributed by atoms with van der Waals surface area (Å²) in [5.74, 6) is -1.65. The molecule has 0 aliphatic rings. The van der Waals surface area contributed by atoms with Crippen molar-refractivity contribution in [2.45, 2.75) is 20.5 Å². The van der Waals surface area contributed by atoms with Crippen LogP contribution in [0, 0.1) is 12.7 Å². The minimum absolute atomic E-state index is 0.0869. The van der Waals surface area contributed by atoms with Gasteiger partial charge in [0.1, 0.15) is 22.9 Å². The maximum absolute atomic E-state index is 14.5. The van der Waals surface area contributed by atoms with E-state index in [1.165, 1.54) is 6.07 Å². The highest BCUT2D eigenvalue weighted by Gasteiger charge is 2.24. The van der Waals surface area contributed by atoms with Gasteiger partial charge in [0, 0.05) is 26.6 Å². The molecule has 4 rings (SSSR count). The average Bonchev–Trinajstić information content (AvgIpc) is 3.26. The number of esters is 2. The van der Waals surface area contributed by atoms with Crippen molar-refractivity contribution in [3.05, 3.63) is 70.0 Å². The van der Waals surface area contributed by atoms with Crippen LogP contribution in [0.4, 0.5) is 4.39 Å². The minimum Gasteiger partial charge on any atom is -0.462 e. The first-order valence-corrected chi connectivity index (χ1v) is 9.85. The molecule has 0 unspecified atom stereocenters. The lowest BCUT2D eigenvalue weighted by molar-refractivity contribution is 0.0425. The molecule has 0 bridgehead atoms. The fraction of sp³-hybridized carbons (Fsp3) is 0.182. The summed E-state index contributed by atoms with van der Waals surface area (Å²) in [6.45, 7) is 3.37. The van der Waals surface area contributed by atoms with Crippen molar-refractivity contribution < 1.29 is 27.9 Å². The topological polar surface area (TPSA) is 65.7 Å². The molecule has 4 aromatic rings. The van der Waals surface area contributed by atoms with Crippen molar-refractivity contribution in [3.8, 4) is 0 Å². The zero-order chi connectivity index (χ0) is 20.5. The lowest BCUT2D eigenvalue weighted by Crippen LogP contribution is -2.09. The van der Waals surface area contributed by atoms with E-state index in [0.29, 0.717) is 21.4 Å². The predicted molar refractivity (Wildman–Crippen MR) is 108 cm³/mol. The number of furan rings is 1. The van der Waals surface area contributed by atoms with Gasteiger partial charge in [-0.3, -0.25) is 0 Å². The Morgan fingerprint density at radius 2 is 1.86 bits per heavy atom. The maximum Gasteiger partial charge on any atom is 0.374 e. The van der Waals surface area contributed by atoms with E-state index in [0.717, 1.165) is 16.7 Å². The summed E-state index contributed by atoms with van der Waals surface area (Å²) in [7, 11) is 0. The quantitative estimate of drug-likeness (QED) is 0.398. The second-order valence-electron chi connectivity index (χ2n) is 6.37. The van der Waals surface area contributed by atoms with Crippen LogP contribution < -0.4 is 0 Å². The van der Waals surface area contributed by atoms with E-state index < -0.39 is 17.8 Å². The van der Waals surface area contributed by atoms with E-state index in [1.807, 2.05) is 18.2 Å². The van der Waals surface area contributed by atoms with Gasteiger partial charge in [-0.25, -0.2) is 14.0 Å². The van der Waals surface area contributed by atoms with Crippen molar-refractivity contribution in [3.63, 3.8) is 0 Å². The smallest absolute Gasteiger partial charge is 0.374 e. The third-order valence-electron chi connectivity index (χ3n) is 4.60. The molecule has 148 valence electrons. The molecular weight excluding hydrogens is 395 g/mol. The Balaban J connectivity index is 1.68. The monoisotopic (exact) mass is 412 g/mol. The minimum atomic E-state index is -0.677. The van der Waals surface area contributed by atoms with Crippen molar-refractivity contribution in [1.29, 1.82) is 0 Å². The number of benzene rings is 2. The standard InChI is InChI=1S/C22H17FO5S/c1-3-26-22(25)20-14(18-15(23)8-6-10-17(18)29-20)11-27-21(24)19-12(2)13-7-4-5-9-16(13)28-19/h4-10H,3,11H2,1-2H3. The lowest BCUT2D eigenvalue weighted by Gasteiger charge is -2.06. The van der Waals surface area contributed by atoms with Gasteiger partial charge in [0.25, 0.3) is 0 Å². The SMILES string of the molecule is CCOC(=O)c1sc2cccc(F)c2c1COC(=O)c1oc2ccccc2c1C. The molecule has 0 atom stereocenters. The van der Waals surface area contributed by atoms with Crippen LogP contribution in [0.2, 0.25) is 0 Å². The summed E-state index contributed by atoms with van der Waals surface area (Å²) in [6.07, 6.45) is 0. The van der Waals surface area contributed by atoms with Crippen molar-refractivity contribution in [2.75, 3.05) is 6.61 Å². The number of rotatable bonds is 5. The van der Waals surface area contributed by atoms with E-state index in [-0.39, 0.29) is 29.2 Å². The molecule has 29 heavy (non-hydrogen) atoms. The summed E-state index contributed by atoms with van der Waals surface area (Å²) in [5.41, 5.74) is 1.54. The van der Waals surface area contributed by atoms with Crippen LogP contribution in [0.5, 0.6) is 0 Å². The average molecular weight is 412 g/mol. The third kappa shape index (κ3) is 3.38. The molecule has 2 heterocycles. The van der Waals surface area contributed by atoms with Crippen LogP contribution in [0.25, 0.3) is 21.1 Å². The van der Waals surface area contributed by atoms with E-state index in [1.54, 1.807) is 32.0 Å². The summed E-state index contributed by atoms with van der Waals surface area (Å²) < 4.78 is 31.2. The molecule has 0 fully saturated rings. The summed E-state index contributed by atoms with van der Waals surface area (Å²) in [5, 5.41) is 1.08. The molecule has 7 heteroatoms. The highest BCUT2D eigenvalue weighted by Crippen LogP contribution is 2.35. The van der Waals surface area contributed by atoms with Crippen LogP contribution in [-0.4, -0.2) is 18.5 Å². The van der Waals surface area contributed by atoms with Gasteiger partial charge in [0.2, 0.25) is 5.76 Å². The van der Waals surface area contributed by atoms with Gasteiger partial charge in [-0.05, 0) is 32.0 Å². The van der Waals surface area contributed by atoms with Crippen LogP contribution in [0.15, 0.2) is 46.9 Å². The number of hydrogen-bond acceptors (Lipinski definition) is 6. The van der Waals surface area contributed by atoms with Crippen LogP contribution in [0.3, 0.4) is 0 Å². The molecule has 0 amide bonds. The number of aryl methyl sites for hydroxylation is 1. The highest BCUT2D eigenvalue weighted by atomic mass is 32.1. The Labute approximate surface area is 169 Å². The fourth-order valence-electron chi connectivity index (χ4n) is 3.24. The van der Waals surface area contributed by atoms with Gasteiger partial charge >= 0.3 is 11.9 Å². The predicted octanol–water partition coefficient (Wildman–Crippen LogP) is 5.63. The molecule has 2 aromatic heterocycles. The van der Waals surface area contributed by atoms with Crippen molar-refractivity contribution >= 4 is 44.3 Å². The molecule has 0 saturated carbocycles. The second kappa shape index (κ2) is 7.67. The number of carbonyl (C=O) groups excluding carboxylic acids is 2. The van der Waals surface area contributed by atoms with Crippen LogP contribution in [-0.2, 0) is 16.1 Å². The number of halogens is 1. The Hall–Kier alpha value is -3.19. The largest absolute Gasteiger partial charge is 0.462 e. The van der Waals surface area contributed by atoms with Gasteiger partial charge in [0.05, 0.1) is 6.61 Å². The Bertz CT molecular complexity index is 1240. The van der Waals surface area contributed by atoms with E-state index in [4.69, 9.17) is 13.9 Å². The Kier molecular flexibility index (Phi) is 5.07. The molecule has 0 spiro atoms. The van der Waals surface area contributed by atoms with Gasteiger partial charge in [-0.1, -0.05) is 24.3 Å². The van der Waals surface area contributed by atoms with Crippen molar-refractivity contribution in [2.24, 2.45) is 0 Å². The Morgan fingerprint density at radius 3 is 2.62 bits per heavy atom. The third-order valence-corrected chi connectivity index (χ3v) is 5.78. The number of para-hydroxylation sites is 1. The molecule has 0 aliphatic carbocycles. The number of thiophene rings is 1. The summed E-state index contributed by atoms with van der Waals surface area (Å²) >= 11 is 1.11. The first kappa shape index (κ1) is 19.1. The molecule has 0 aliphatic heterocycles. The van der Waals surface area contributed by atoms with Crippen LogP contribution in [0.1, 0.15) is 38.3 Å². The van der Waals surface area contributed by atoms with Gasteiger partial charge in [-0.2, -0.15) is 0 Å². The number of ether oxygens (including phenoxy) is 2. The molecule has 0 radical (unpaired) electrons. The number of carbonyl (C=O) groups is 2. The lowest BCUT2D eigenvalue weighted by atomic mass is 10.1. The zero-order valence-electron chi connectivity index (χ0n) is 15.8. The first-order chi connectivity index (χ1) is 14.0.